The number of nitrogens with two attached hydrogens (primary N) is 1. The molecule has 0 fully saturated rings. The molecule has 0 aliphatic rings. The Hall–Kier alpha value is -1.56. The maximum atomic E-state index is 11.6. The fourth-order valence-corrected chi connectivity index (χ4v) is 1.24. The first kappa shape index (κ1) is 12.5. The molecule has 1 unspecified atom stereocenters. The maximum Gasteiger partial charge on any atom is 0.236 e. The predicted octanol–water partition coefficient (Wildman–Crippen LogP) is 0.954. The summed E-state index contributed by atoms with van der Waals surface area (Å²) in [5.74, 6) is -0.539. The molecular formula is C10H14N4OS. The van der Waals surface area contributed by atoms with Crippen LogP contribution in [0.25, 0.3) is 0 Å². The van der Waals surface area contributed by atoms with Crippen molar-refractivity contribution in [2.75, 3.05) is 5.32 Å². The van der Waals surface area contributed by atoms with E-state index in [0.717, 1.165) is 11.4 Å². The first-order valence-corrected chi connectivity index (χ1v) is 5.23. The highest BCUT2D eigenvalue weighted by molar-refractivity contribution is 7.80. The molecule has 16 heavy (non-hydrogen) atoms. The molecule has 1 amide bonds. The molecule has 0 aromatic carbocycles. The number of amides is 1. The number of hydrogen-bond acceptors (Lipinski definition) is 4. The Morgan fingerprint density at radius 2 is 1.94 bits per heavy atom. The van der Waals surface area contributed by atoms with Gasteiger partial charge in [-0.2, -0.15) is 0 Å². The van der Waals surface area contributed by atoms with Crippen LogP contribution in [0.2, 0.25) is 0 Å². The van der Waals surface area contributed by atoms with E-state index >= 15 is 0 Å². The summed E-state index contributed by atoms with van der Waals surface area (Å²) in [5, 5.41) is 2.58. The molecule has 1 aromatic rings. The largest absolute Gasteiger partial charge is 0.393 e. The van der Waals surface area contributed by atoms with E-state index in [9.17, 15) is 4.79 Å². The highest BCUT2D eigenvalue weighted by Crippen LogP contribution is 2.06. The molecule has 0 aliphatic heterocycles. The lowest BCUT2D eigenvalue weighted by molar-refractivity contribution is -0.117. The minimum atomic E-state index is -0.528. The number of aryl methyl sites for hydroxylation is 2. The van der Waals surface area contributed by atoms with Crippen molar-refractivity contribution in [2.45, 2.75) is 20.8 Å². The lowest BCUT2D eigenvalue weighted by Gasteiger charge is -2.09. The summed E-state index contributed by atoms with van der Waals surface area (Å²) in [6, 6.07) is 1.83. The van der Waals surface area contributed by atoms with Gasteiger partial charge in [0.1, 0.15) is 0 Å². The van der Waals surface area contributed by atoms with Gasteiger partial charge in [0.15, 0.2) is 0 Å². The van der Waals surface area contributed by atoms with Gasteiger partial charge in [-0.25, -0.2) is 9.97 Å². The second kappa shape index (κ2) is 4.98. The summed E-state index contributed by atoms with van der Waals surface area (Å²) in [7, 11) is 0. The number of thiocarbonyl (C=S) groups is 1. The van der Waals surface area contributed by atoms with Gasteiger partial charge >= 0.3 is 0 Å². The third-order valence-electron chi connectivity index (χ3n) is 2.04. The number of hydrogen-bond donors (Lipinski definition) is 2. The van der Waals surface area contributed by atoms with Crippen LogP contribution >= 0.6 is 12.2 Å². The molecule has 0 aliphatic carbocycles. The topological polar surface area (TPSA) is 80.9 Å². The molecule has 1 atom stereocenters. The van der Waals surface area contributed by atoms with Crippen molar-refractivity contribution >= 4 is 29.1 Å². The number of anilines is 1. The number of aromatic nitrogens is 2. The molecular weight excluding hydrogens is 224 g/mol. The number of nitrogens with zero attached hydrogens (tertiary/aromatic N) is 2. The van der Waals surface area contributed by atoms with Gasteiger partial charge < -0.3 is 5.73 Å². The summed E-state index contributed by atoms with van der Waals surface area (Å²) in [5.41, 5.74) is 6.97. The van der Waals surface area contributed by atoms with Crippen LogP contribution < -0.4 is 11.1 Å². The predicted molar refractivity (Wildman–Crippen MR) is 66.1 cm³/mol. The highest BCUT2D eigenvalue weighted by atomic mass is 32.1. The van der Waals surface area contributed by atoms with Crippen LogP contribution in [-0.4, -0.2) is 20.9 Å². The van der Waals surface area contributed by atoms with Gasteiger partial charge in [0.05, 0.1) is 10.9 Å². The zero-order valence-corrected chi connectivity index (χ0v) is 10.3. The first-order chi connectivity index (χ1) is 7.40. The second-order valence-electron chi connectivity index (χ2n) is 3.59. The van der Waals surface area contributed by atoms with Crippen molar-refractivity contribution in [1.29, 1.82) is 0 Å². The van der Waals surface area contributed by atoms with Crippen molar-refractivity contribution < 1.29 is 4.79 Å². The van der Waals surface area contributed by atoms with Gasteiger partial charge in [-0.15, -0.1) is 0 Å². The van der Waals surface area contributed by atoms with E-state index in [1.165, 1.54) is 0 Å². The Kier molecular flexibility index (Phi) is 3.89. The molecule has 0 saturated heterocycles. The normalized spacial score (nSPS) is 11.9. The summed E-state index contributed by atoms with van der Waals surface area (Å²) >= 11 is 4.74. The Morgan fingerprint density at radius 3 is 2.38 bits per heavy atom. The molecule has 1 heterocycles. The van der Waals surface area contributed by atoms with Crippen molar-refractivity contribution in [3.05, 3.63) is 17.5 Å². The number of rotatable bonds is 3. The monoisotopic (exact) mass is 238 g/mol. The summed E-state index contributed by atoms with van der Waals surface area (Å²) in [6.45, 7) is 5.31. The molecule has 0 saturated carbocycles. The fourth-order valence-electron chi connectivity index (χ4n) is 1.13. The molecule has 0 spiro atoms. The minimum Gasteiger partial charge on any atom is -0.393 e. The summed E-state index contributed by atoms with van der Waals surface area (Å²) in [4.78, 5) is 19.9. The molecule has 0 radical (unpaired) electrons. The number of carbonyl (C=O) groups excluding carboxylic acids is 1. The van der Waals surface area contributed by atoms with Gasteiger partial charge in [-0.3, -0.25) is 10.1 Å². The lowest BCUT2D eigenvalue weighted by Crippen LogP contribution is -2.31. The van der Waals surface area contributed by atoms with Crippen molar-refractivity contribution in [3.8, 4) is 0 Å². The standard InChI is InChI=1S/C10H14N4OS/c1-5-4-6(2)13-10(12-5)14-9(15)7(3)8(11)16/h4,7H,1-3H3,(H2,11,16)(H,12,13,14,15). The Morgan fingerprint density at radius 1 is 1.44 bits per heavy atom. The Balaban J connectivity index is 2.81. The van der Waals surface area contributed by atoms with Crippen LogP contribution in [0, 0.1) is 19.8 Å². The average Bonchev–Trinajstić information content (AvgIpc) is 2.14. The van der Waals surface area contributed by atoms with Gasteiger partial charge in [-0.05, 0) is 26.8 Å². The van der Waals surface area contributed by atoms with Gasteiger partial charge in [0, 0.05) is 11.4 Å². The third kappa shape index (κ3) is 3.23. The van der Waals surface area contributed by atoms with Crippen molar-refractivity contribution in [3.63, 3.8) is 0 Å². The van der Waals surface area contributed by atoms with Crippen LogP contribution in [-0.2, 0) is 4.79 Å². The molecule has 1 rings (SSSR count). The van der Waals surface area contributed by atoms with Gasteiger partial charge in [0.2, 0.25) is 11.9 Å². The van der Waals surface area contributed by atoms with E-state index in [2.05, 4.69) is 15.3 Å². The molecule has 86 valence electrons. The maximum absolute atomic E-state index is 11.6. The van der Waals surface area contributed by atoms with E-state index in [1.807, 2.05) is 19.9 Å². The minimum absolute atomic E-state index is 0.155. The van der Waals surface area contributed by atoms with E-state index in [0.29, 0.717) is 0 Å². The summed E-state index contributed by atoms with van der Waals surface area (Å²) < 4.78 is 0. The highest BCUT2D eigenvalue weighted by Gasteiger charge is 2.16. The lowest BCUT2D eigenvalue weighted by atomic mass is 10.2. The Labute approximate surface area is 99.5 Å². The van der Waals surface area contributed by atoms with Crippen LogP contribution in [0.4, 0.5) is 5.95 Å². The molecule has 5 nitrogen and oxygen atoms in total. The molecule has 1 aromatic heterocycles. The van der Waals surface area contributed by atoms with E-state index in [-0.39, 0.29) is 16.8 Å². The quantitative estimate of drug-likeness (QED) is 0.766. The van der Waals surface area contributed by atoms with Crippen molar-refractivity contribution in [2.24, 2.45) is 11.7 Å². The van der Waals surface area contributed by atoms with E-state index in [4.69, 9.17) is 18.0 Å². The summed E-state index contributed by atoms with van der Waals surface area (Å²) in [6.07, 6.45) is 0. The smallest absolute Gasteiger partial charge is 0.236 e. The molecule has 6 heteroatoms. The zero-order valence-electron chi connectivity index (χ0n) is 9.44. The molecule has 3 N–H and O–H groups in total. The van der Waals surface area contributed by atoms with Crippen LogP contribution in [0.15, 0.2) is 6.07 Å². The first-order valence-electron chi connectivity index (χ1n) is 4.82. The number of nitrogens with one attached hydrogen (secondary N) is 1. The zero-order chi connectivity index (χ0) is 12.3. The average molecular weight is 238 g/mol. The molecule has 0 bridgehead atoms. The van der Waals surface area contributed by atoms with Crippen molar-refractivity contribution in [1.82, 2.24) is 9.97 Å². The third-order valence-corrected chi connectivity index (χ3v) is 2.39. The van der Waals surface area contributed by atoms with E-state index < -0.39 is 5.92 Å². The SMILES string of the molecule is Cc1cc(C)nc(NC(=O)C(C)C(N)=S)n1. The fraction of sp³-hybridized carbons (Fsp3) is 0.400. The number of carbonyl (C=O) groups is 1. The van der Waals surface area contributed by atoms with E-state index in [1.54, 1.807) is 6.92 Å². The van der Waals surface area contributed by atoms with Crippen LogP contribution in [0.1, 0.15) is 18.3 Å². The van der Waals surface area contributed by atoms with Gasteiger partial charge in [-0.1, -0.05) is 12.2 Å². The van der Waals surface area contributed by atoms with Crippen LogP contribution in [0.3, 0.4) is 0 Å². The second-order valence-corrected chi connectivity index (χ2v) is 4.06. The van der Waals surface area contributed by atoms with Gasteiger partial charge in [0.25, 0.3) is 0 Å². The van der Waals surface area contributed by atoms with Crippen LogP contribution in [0.5, 0.6) is 0 Å². The Bertz CT molecular complexity index is 413.